The molecule has 1 unspecified atom stereocenters. The summed E-state index contributed by atoms with van der Waals surface area (Å²) in [5.41, 5.74) is 0. The van der Waals surface area contributed by atoms with Crippen LogP contribution in [-0.2, 0) is 9.84 Å². The van der Waals surface area contributed by atoms with E-state index in [1.165, 1.54) is 0 Å². The Balaban J connectivity index is 2.52. The average Bonchev–Trinajstić information content (AvgIpc) is 2.64. The van der Waals surface area contributed by atoms with Gasteiger partial charge in [0, 0.05) is 5.75 Å². The molecule has 1 aliphatic rings. The molecule has 0 radical (unpaired) electrons. The van der Waals surface area contributed by atoms with E-state index in [1.54, 1.807) is 11.8 Å². The number of nitriles is 1. The summed E-state index contributed by atoms with van der Waals surface area (Å²) >= 11 is 1.62. The van der Waals surface area contributed by atoms with Crippen molar-refractivity contribution in [2.75, 3.05) is 17.3 Å². The Labute approximate surface area is 96.2 Å². The summed E-state index contributed by atoms with van der Waals surface area (Å²) in [4.78, 5) is 0. The van der Waals surface area contributed by atoms with Crippen LogP contribution in [0.15, 0.2) is 0 Å². The summed E-state index contributed by atoms with van der Waals surface area (Å²) in [5, 5.41) is 9.08. The first-order valence-corrected chi connectivity index (χ1v) is 8.10. The second-order valence-corrected chi connectivity index (χ2v) is 7.74. The lowest BCUT2D eigenvalue weighted by atomic mass is 10.0. The average molecular weight is 247 g/mol. The third-order valence-electron chi connectivity index (χ3n) is 2.64. The van der Waals surface area contributed by atoms with E-state index in [-0.39, 0.29) is 11.5 Å². The number of hydrogen-bond donors (Lipinski definition) is 0. The Hall–Kier alpha value is -0.210. The summed E-state index contributed by atoms with van der Waals surface area (Å²) in [7, 11) is -2.93. The van der Waals surface area contributed by atoms with Gasteiger partial charge < -0.3 is 0 Å². The second-order valence-electron chi connectivity index (χ2n) is 3.96. The lowest BCUT2D eigenvalue weighted by Gasteiger charge is -2.18. The Morgan fingerprint density at radius 2 is 2.20 bits per heavy atom. The molecule has 1 aliphatic heterocycles. The fourth-order valence-electron chi connectivity index (χ4n) is 1.77. The van der Waals surface area contributed by atoms with Gasteiger partial charge in [-0.3, -0.25) is 0 Å². The zero-order valence-corrected chi connectivity index (χ0v) is 10.7. The highest BCUT2D eigenvalue weighted by Crippen LogP contribution is 2.40. The first-order valence-electron chi connectivity index (χ1n) is 5.29. The van der Waals surface area contributed by atoms with Crippen LogP contribution in [0.25, 0.3) is 0 Å². The lowest BCUT2D eigenvalue weighted by molar-refractivity contribution is 0.582. The van der Waals surface area contributed by atoms with Gasteiger partial charge in [0.1, 0.15) is 14.6 Å². The molecule has 1 heterocycles. The zero-order valence-electron chi connectivity index (χ0n) is 9.03. The fraction of sp³-hybridized carbons (Fsp3) is 0.900. The van der Waals surface area contributed by atoms with E-state index in [9.17, 15) is 8.42 Å². The van der Waals surface area contributed by atoms with Gasteiger partial charge >= 0.3 is 0 Å². The molecule has 15 heavy (non-hydrogen) atoms. The summed E-state index contributed by atoms with van der Waals surface area (Å²) in [6, 6.07) is 2.29. The molecule has 3 nitrogen and oxygen atoms in total. The number of hydrogen-bond acceptors (Lipinski definition) is 4. The van der Waals surface area contributed by atoms with E-state index in [0.717, 1.165) is 18.6 Å². The van der Waals surface area contributed by atoms with Gasteiger partial charge in [-0.05, 0) is 31.4 Å². The summed E-state index contributed by atoms with van der Waals surface area (Å²) in [6.45, 7) is 1.86. The number of sulfone groups is 1. The molecule has 5 heteroatoms. The Kier molecular flexibility index (Phi) is 4.47. The van der Waals surface area contributed by atoms with Gasteiger partial charge in [0.25, 0.3) is 0 Å². The van der Waals surface area contributed by atoms with Crippen LogP contribution in [0.2, 0.25) is 0 Å². The third kappa shape index (κ3) is 3.69. The molecule has 1 fully saturated rings. The largest absolute Gasteiger partial charge is 0.229 e. The standard InChI is InChI=1S/C10H17NO2S2/c1-2-7-15(12,13)8-5-10(9-11)4-3-6-14-10/h2-8H2,1H3. The normalized spacial score (nSPS) is 26.4. The van der Waals surface area contributed by atoms with Crippen molar-refractivity contribution in [3.05, 3.63) is 0 Å². The van der Waals surface area contributed by atoms with Crippen molar-refractivity contribution in [2.45, 2.75) is 37.4 Å². The maximum absolute atomic E-state index is 11.5. The van der Waals surface area contributed by atoms with E-state index in [0.29, 0.717) is 12.8 Å². The molecule has 1 atom stereocenters. The first kappa shape index (κ1) is 12.9. The molecule has 1 saturated heterocycles. The van der Waals surface area contributed by atoms with Gasteiger partial charge in [0.15, 0.2) is 0 Å². The Morgan fingerprint density at radius 3 is 2.67 bits per heavy atom. The van der Waals surface area contributed by atoms with Crippen molar-refractivity contribution in [2.24, 2.45) is 0 Å². The lowest BCUT2D eigenvalue weighted by Crippen LogP contribution is -2.24. The highest BCUT2D eigenvalue weighted by Gasteiger charge is 2.35. The van der Waals surface area contributed by atoms with Crippen LogP contribution in [0.3, 0.4) is 0 Å². The van der Waals surface area contributed by atoms with E-state index in [4.69, 9.17) is 5.26 Å². The highest BCUT2D eigenvalue weighted by atomic mass is 32.2. The van der Waals surface area contributed by atoms with Gasteiger partial charge in [-0.25, -0.2) is 8.42 Å². The van der Waals surface area contributed by atoms with Gasteiger partial charge in [-0.1, -0.05) is 6.92 Å². The number of thioether (sulfide) groups is 1. The van der Waals surface area contributed by atoms with Gasteiger partial charge in [0.05, 0.1) is 11.8 Å². The van der Waals surface area contributed by atoms with Gasteiger partial charge in [-0.15, -0.1) is 11.8 Å². The molecular formula is C10H17NO2S2. The van der Waals surface area contributed by atoms with Crippen molar-refractivity contribution in [1.82, 2.24) is 0 Å². The number of rotatable bonds is 5. The van der Waals surface area contributed by atoms with E-state index < -0.39 is 14.6 Å². The van der Waals surface area contributed by atoms with Crippen LogP contribution in [0, 0.1) is 11.3 Å². The molecule has 0 aromatic rings. The highest BCUT2D eigenvalue weighted by molar-refractivity contribution is 8.01. The summed E-state index contributed by atoms with van der Waals surface area (Å²) < 4.78 is 22.6. The summed E-state index contributed by atoms with van der Waals surface area (Å²) in [5.74, 6) is 1.40. The van der Waals surface area contributed by atoms with Crippen molar-refractivity contribution < 1.29 is 8.42 Å². The maximum atomic E-state index is 11.5. The molecule has 0 amide bonds. The topological polar surface area (TPSA) is 57.9 Å². The molecule has 0 bridgehead atoms. The van der Waals surface area contributed by atoms with Crippen LogP contribution in [0.1, 0.15) is 32.6 Å². The minimum atomic E-state index is -2.93. The maximum Gasteiger partial charge on any atom is 0.150 e. The summed E-state index contributed by atoms with van der Waals surface area (Å²) in [6.07, 6.45) is 3.04. The number of nitrogens with zero attached hydrogens (tertiary/aromatic N) is 1. The second kappa shape index (κ2) is 5.22. The van der Waals surface area contributed by atoms with Crippen molar-refractivity contribution in [3.63, 3.8) is 0 Å². The molecule has 0 aliphatic carbocycles. The van der Waals surface area contributed by atoms with Crippen molar-refractivity contribution in [3.8, 4) is 6.07 Å². The zero-order chi connectivity index (χ0) is 11.4. The van der Waals surface area contributed by atoms with Crippen molar-refractivity contribution in [1.29, 1.82) is 5.26 Å². The van der Waals surface area contributed by atoms with E-state index >= 15 is 0 Å². The molecule has 0 aromatic carbocycles. The smallest absolute Gasteiger partial charge is 0.150 e. The minimum absolute atomic E-state index is 0.168. The van der Waals surface area contributed by atoms with Crippen LogP contribution in [0.5, 0.6) is 0 Å². The molecule has 86 valence electrons. The monoisotopic (exact) mass is 247 g/mol. The predicted octanol–water partition coefficient (Wildman–Crippen LogP) is 1.99. The van der Waals surface area contributed by atoms with Crippen molar-refractivity contribution >= 4 is 21.6 Å². The predicted molar refractivity (Wildman–Crippen MR) is 63.6 cm³/mol. The van der Waals surface area contributed by atoms with E-state index in [1.807, 2.05) is 6.92 Å². The van der Waals surface area contributed by atoms with Crippen LogP contribution in [0.4, 0.5) is 0 Å². The van der Waals surface area contributed by atoms with Crippen LogP contribution in [-0.4, -0.2) is 30.4 Å². The molecule has 0 saturated carbocycles. The SMILES string of the molecule is CCCS(=O)(=O)CCC1(C#N)CCCS1. The molecule has 0 spiro atoms. The Bertz CT molecular complexity index is 337. The van der Waals surface area contributed by atoms with E-state index in [2.05, 4.69) is 6.07 Å². The Morgan fingerprint density at radius 1 is 1.47 bits per heavy atom. The quantitative estimate of drug-likeness (QED) is 0.745. The van der Waals surface area contributed by atoms with Crippen LogP contribution < -0.4 is 0 Å². The van der Waals surface area contributed by atoms with Gasteiger partial charge in [-0.2, -0.15) is 5.26 Å². The molecule has 1 rings (SSSR count). The molecular weight excluding hydrogens is 230 g/mol. The molecule has 0 N–H and O–H groups in total. The van der Waals surface area contributed by atoms with Gasteiger partial charge in [0.2, 0.25) is 0 Å². The van der Waals surface area contributed by atoms with Crippen LogP contribution >= 0.6 is 11.8 Å². The third-order valence-corrected chi connectivity index (χ3v) is 6.04. The fourth-order valence-corrected chi connectivity index (χ4v) is 4.67. The first-order chi connectivity index (χ1) is 7.04. The minimum Gasteiger partial charge on any atom is -0.229 e. The molecule has 0 aromatic heterocycles.